The molecule has 2 atom stereocenters. The molecule has 10 heteroatoms. The van der Waals surface area contributed by atoms with Gasteiger partial charge in [-0.2, -0.15) is 0 Å². The van der Waals surface area contributed by atoms with Crippen molar-refractivity contribution in [2.45, 2.75) is 117 Å². The zero-order chi connectivity index (χ0) is 28.5. The summed E-state index contributed by atoms with van der Waals surface area (Å²) in [7, 11) is 0. The minimum Gasteiger partial charge on any atom is -0.466 e. The van der Waals surface area contributed by atoms with E-state index in [-0.39, 0.29) is 73.3 Å². The van der Waals surface area contributed by atoms with Gasteiger partial charge in [-0.05, 0) is 79.1 Å². The van der Waals surface area contributed by atoms with Crippen molar-refractivity contribution in [1.82, 2.24) is 0 Å². The van der Waals surface area contributed by atoms with Gasteiger partial charge in [-0.25, -0.2) is 0 Å². The molecule has 0 saturated heterocycles. The summed E-state index contributed by atoms with van der Waals surface area (Å²) < 4.78 is 31.4. The number of hydrogen-bond acceptors (Lipinski definition) is 10. The average Bonchev–Trinajstić information content (AvgIpc) is 2.88. The molecular formula is C28H48O10. The van der Waals surface area contributed by atoms with Crippen LogP contribution in [0.1, 0.15) is 92.9 Å². The number of carbonyl (C=O) groups excluding carboxylic acids is 4. The summed E-state index contributed by atoms with van der Waals surface area (Å²) in [4.78, 5) is 44.5. The molecule has 0 heterocycles. The molecular weight excluding hydrogens is 496 g/mol. The van der Waals surface area contributed by atoms with E-state index in [0.717, 1.165) is 51.4 Å². The Morgan fingerprint density at radius 2 is 0.895 bits per heavy atom. The van der Waals surface area contributed by atoms with E-state index in [1.54, 1.807) is 0 Å². The number of ether oxygens (including phenoxy) is 6. The zero-order valence-corrected chi connectivity index (χ0v) is 24.0. The Balaban J connectivity index is 0.000000380. The Labute approximate surface area is 227 Å². The van der Waals surface area contributed by atoms with Crippen LogP contribution in [0.15, 0.2) is 0 Å². The zero-order valence-electron chi connectivity index (χ0n) is 24.0. The lowest BCUT2D eigenvalue weighted by atomic mass is 9.87. The lowest BCUT2D eigenvalue weighted by Gasteiger charge is -2.29. The molecule has 0 aromatic heterocycles. The molecule has 2 aliphatic rings. The van der Waals surface area contributed by atoms with Crippen LogP contribution in [0, 0.1) is 11.8 Å². The summed E-state index contributed by atoms with van der Waals surface area (Å²) in [5.74, 6) is -0.724. The molecule has 0 radical (unpaired) electrons. The molecule has 0 aliphatic heterocycles. The summed E-state index contributed by atoms with van der Waals surface area (Å²) >= 11 is 0. The lowest BCUT2D eigenvalue weighted by Crippen LogP contribution is -2.31. The molecule has 0 amide bonds. The van der Waals surface area contributed by atoms with Crippen molar-refractivity contribution in [3.8, 4) is 0 Å². The molecule has 220 valence electrons. The van der Waals surface area contributed by atoms with E-state index >= 15 is 0 Å². The first-order chi connectivity index (χ1) is 18.0. The molecule has 0 aromatic carbocycles. The maximum atomic E-state index is 11.6. The van der Waals surface area contributed by atoms with Crippen LogP contribution in [-0.4, -0.2) is 74.7 Å². The quantitative estimate of drug-likeness (QED) is 0.261. The second-order valence-electron chi connectivity index (χ2n) is 9.95. The predicted octanol–water partition coefficient (Wildman–Crippen LogP) is 4.15. The minimum atomic E-state index is -0.290. The second kappa shape index (κ2) is 19.0. The number of rotatable bonds is 12. The maximum Gasteiger partial charge on any atom is 0.308 e. The molecule has 2 aliphatic carbocycles. The number of esters is 4. The number of carbonyl (C=O) groups is 4. The van der Waals surface area contributed by atoms with E-state index in [4.69, 9.17) is 28.4 Å². The molecule has 0 bridgehead atoms. The molecule has 38 heavy (non-hydrogen) atoms. The monoisotopic (exact) mass is 544 g/mol. The van der Waals surface area contributed by atoms with Crippen molar-refractivity contribution < 1.29 is 47.6 Å². The Morgan fingerprint density at radius 3 is 1.16 bits per heavy atom. The molecule has 2 rings (SSSR count). The van der Waals surface area contributed by atoms with Gasteiger partial charge in [0.1, 0.15) is 13.2 Å². The first-order valence-electron chi connectivity index (χ1n) is 14.0. The fourth-order valence-corrected chi connectivity index (χ4v) is 4.59. The topological polar surface area (TPSA) is 124 Å². The van der Waals surface area contributed by atoms with Gasteiger partial charge in [0.05, 0.1) is 49.5 Å². The highest BCUT2D eigenvalue weighted by atomic mass is 16.6. The second-order valence-corrected chi connectivity index (χ2v) is 9.95. The van der Waals surface area contributed by atoms with Crippen molar-refractivity contribution in [1.29, 1.82) is 0 Å². The van der Waals surface area contributed by atoms with E-state index in [0.29, 0.717) is 13.2 Å². The van der Waals surface area contributed by atoms with Crippen LogP contribution in [0.5, 0.6) is 0 Å². The third-order valence-corrected chi connectivity index (χ3v) is 6.48. The van der Waals surface area contributed by atoms with E-state index in [9.17, 15) is 19.2 Å². The smallest absolute Gasteiger partial charge is 0.308 e. The van der Waals surface area contributed by atoms with Gasteiger partial charge in [0, 0.05) is 13.8 Å². The van der Waals surface area contributed by atoms with Gasteiger partial charge in [0.25, 0.3) is 0 Å². The highest BCUT2D eigenvalue weighted by Crippen LogP contribution is 2.29. The van der Waals surface area contributed by atoms with E-state index in [2.05, 4.69) is 0 Å². The van der Waals surface area contributed by atoms with E-state index < -0.39 is 0 Å². The fraction of sp³-hybridized carbons (Fsp3) is 0.857. The molecule has 10 nitrogen and oxygen atoms in total. The summed E-state index contributed by atoms with van der Waals surface area (Å²) in [6.45, 7) is 11.6. The Hall–Kier alpha value is -2.20. The minimum absolute atomic E-state index is 0.0172. The highest BCUT2D eigenvalue weighted by Gasteiger charge is 2.29. The number of hydrogen-bond donors (Lipinski definition) is 0. The van der Waals surface area contributed by atoms with Crippen LogP contribution < -0.4 is 0 Å². The largest absolute Gasteiger partial charge is 0.466 e. The average molecular weight is 545 g/mol. The van der Waals surface area contributed by atoms with Crippen LogP contribution in [0.3, 0.4) is 0 Å². The summed E-state index contributed by atoms with van der Waals surface area (Å²) in [6, 6.07) is 0. The molecule has 2 saturated carbocycles. The molecule has 0 spiro atoms. The van der Waals surface area contributed by atoms with Crippen LogP contribution >= 0.6 is 0 Å². The first kappa shape index (κ1) is 33.8. The summed E-state index contributed by atoms with van der Waals surface area (Å²) in [5.41, 5.74) is 0. The molecule has 0 aromatic rings. The van der Waals surface area contributed by atoms with Gasteiger partial charge in [0.15, 0.2) is 0 Å². The van der Waals surface area contributed by atoms with Crippen molar-refractivity contribution in [2.24, 2.45) is 11.8 Å². The predicted molar refractivity (Wildman–Crippen MR) is 139 cm³/mol. The van der Waals surface area contributed by atoms with Crippen molar-refractivity contribution in [3.63, 3.8) is 0 Å². The lowest BCUT2D eigenvalue weighted by molar-refractivity contribution is -0.153. The van der Waals surface area contributed by atoms with Crippen molar-refractivity contribution >= 4 is 23.9 Å². The summed E-state index contributed by atoms with van der Waals surface area (Å²) in [5, 5.41) is 0. The van der Waals surface area contributed by atoms with Crippen molar-refractivity contribution in [2.75, 3.05) is 26.4 Å². The van der Waals surface area contributed by atoms with Crippen LogP contribution in [0.25, 0.3) is 0 Å². The normalized spacial score (nSPS) is 24.6. The Bertz CT molecular complexity index is 648. The van der Waals surface area contributed by atoms with Crippen LogP contribution in [-0.2, 0) is 47.6 Å². The standard InChI is InChI=1S/2C14H24O5/c2*1-4-17-14(16)12-5-7-13(8-6-12)19-10(2)9-18-11(3)15/h2*10,12-13H,4-9H2,1-3H3. The van der Waals surface area contributed by atoms with Gasteiger partial charge >= 0.3 is 23.9 Å². The highest BCUT2D eigenvalue weighted by molar-refractivity contribution is 5.72. The van der Waals surface area contributed by atoms with Gasteiger partial charge in [-0.15, -0.1) is 0 Å². The van der Waals surface area contributed by atoms with Gasteiger partial charge in [-0.1, -0.05) is 0 Å². The van der Waals surface area contributed by atoms with Crippen molar-refractivity contribution in [3.05, 3.63) is 0 Å². The first-order valence-corrected chi connectivity index (χ1v) is 14.0. The van der Waals surface area contributed by atoms with E-state index in [1.807, 2.05) is 27.7 Å². The SMILES string of the molecule is CCOC(=O)C1CCC(OC(C)COC(C)=O)CC1.CCOC(=O)C1CCC(OC(C)COC(C)=O)CC1. The molecule has 2 unspecified atom stereocenters. The van der Waals surface area contributed by atoms with Gasteiger partial charge in [-0.3, -0.25) is 19.2 Å². The third kappa shape index (κ3) is 14.7. The molecule has 2 fully saturated rings. The maximum absolute atomic E-state index is 11.6. The fourth-order valence-electron chi connectivity index (χ4n) is 4.59. The van der Waals surface area contributed by atoms with E-state index in [1.165, 1.54) is 13.8 Å². The van der Waals surface area contributed by atoms with Crippen LogP contribution in [0.2, 0.25) is 0 Å². The molecule has 0 N–H and O–H groups in total. The third-order valence-electron chi connectivity index (χ3n) is 6.48. The summed E-state index contributed by atoms with van der Waals surface area (Å²) in [6.07, 6.45) is 6.75. The van der Waals surface area contributed by atoms with Crippen LogP contribution in [0.4, 0.5) is 0 Å². The Morgan fingerprint density at radius 1 is 0.579 bits per heavy atom. The van der Waals surface area contributed by atoms with Gasteiger partial charge in [0.2, 0.25) is 0 Å². The Kier molecular flexibility index (Phi) is 16.9. The van der Waals surface area contributed by atoms with Gasteiger partial charge < -0.3 is 28.4 Å².